The predicted molar refractivity (Wildman–Crippen MR) is 131 cm³/mol. The Morgan fingerprint density at radius 2 is 1.64 bits per heavy atom. The van der Waals surface area contributed by atoms with Gasteiger partial charge in [0.1, 0.15) is 0 Å². The van der Waals surface area contributed by atoms with Gasteiger partial charge in [0.25, 0.3) is 5.91 Å². The van der Waals surface area contributed by atoms with Gasteiger partial charge in [0, 0.05) is 25.0 Å². The molecule has 7 nitrogen and oxygen atoms in total. The highest BCUT2D eigenvalue weighted by Gasteiger charge is 2.31. The van der Waals surface area contributed by atoms with E-state index in [1.165, 1.54) is 4.31 Å². The average molecular weight is 472 g/mol. The van der Waals surface area contributed by atoms with Gasteiger partial charge >= 0.3 is 0 Å². The number of hydrogen-bond acceptors (Lipinski definition) is 4. The molecule has 8 heteroatoms. The van der Waals surface area contributed by atoms with Gasteiger partial charge in [-0.25, -0.2) is 12.7 Å². The molecule has 0 radical (unpaired) electrons. The molecule has 33 heavy (non-hydrogen) atoms. The van der Waals surface area contributed by atoms with Crippen molar-refractivity contribution in [2.45, 2.75) is 45.6 Å². The van der Waals surface area contributed by atoms with Crippen LogP contribution in [0.4, 0.5) is 5.69 Å². The number of carbonyl (C=O) groups is 2. The molecule has 1 aliphatic heterocycles. The third kappa shape index (κ3) is 7.14. The smallest absolute Gasteiger partial charge is 0.253 e. The fraction of sp³-hybridized carbons (Fsp3) is 0.440. The number of sulfonamides is 1. The third-order valence-corrected chi connectivity index (χ3v) is 7.73. The molecule has 2 aromatic rings. The molecule has 1 heterocycles. The van der Waals surface area contributed by atoms with Gasteiger partial charge in [-0.3, -0.25) is 9.59 Å². The van der Waals surface area contributed by atoms with Gasteiger partial charge in [-0.05, 0) is 57.2 Å². The third-order valence-electron chi connectivity index (χ3n) is 5.78. The van der Waals surface area contributed by atoms with Crippen molar-refractivity contribution < 1.29 is 18.0 Å². The van der Waals surface area contributed by atoms with Crippen LogP contribution < -0.4 is 10.6 Å². The summed E-state index contributed by atoms with van der Waals surface area (Å²) in [5.41, 5.74) is 2.01. The molecular formula is C25H33N3O4S. The van der Waals surface area contributed by atoms with Crippen molar-refractivity contribution in [2.24, 2.45) is 5.92 Å². The van der Waals surface area contributed by atoms with E-state index in [4.69, 9.17) is 0 Å². The normalized spacial score (nSPS) is 15.4. The second-order valence-electron chi connectivity index (χ2n) is 8.74. The number of rotatable bonds is 9. The summed E-state index contributed by atoms with van der Waals surface area (Å²) in [6.07, 6.45) is 2.22. The van der Waals surface area contributed by atoms with Gasteiger partial charge in [0.15, 0.2) is 0 Å². The van der Waals surface area contributed by atoms with Crippen LogP contribution in [0.3, 0.4) is 0 Å². The number of anilines is 1. The van der Waals surface area contributed by atoms with Crippen molar-refractivity contribution in [1.82, 2.24) is 9.62 Å². The number of benzene rings is 2. The Morgan fingerprint density at radius 1 is 1.00 bits per heavy atom. The first kappa shape index (κ1) is 24.9. The lowest BCUT2D eigenvalue weighted by atomic mass is 9.97. The van der Waals surface area contributed by atoms with Gasteiger partial charge in [0.05, 0.1) is 17.0 Å². The zero-order chi connectivity index (χ0) is 23.8. The highest BCUT2D eigenvalue weighted by molar-refractivity contribution is 7.89. The molecule has 2 N–H and O–H groups in total. The van der Waals surface area contributed by atoms with E-state index < -0.39 is 10.0 Å². The molecule has 0 atom stereocenters. The van der Waals surface area contributed by atoms with Crippen molar-refractivity contribution >= 4 is 27.5 Å². The fourth-order valence-electron chi connectivity index (χ4n) is 3.99. The lowest BCUT2D eigenvalue weighted by Crippen LogP contribution is -2.42. The predicted octanol–water partition coefficient (Wildman–Crippen LogP) is 3.44. The molecule has 0 saturated carbocycles. The van der Waals surface area contributed by atoms with Crippen molar-refractivity contribution in [3.8, 4) is 0 Å². The molecule has 0 bridgehead atoms. The molecular weight excluding hydrogens is 438 g/mol. The first-order chi connectivity index (χ1) is 15.8. The van der Waals surface area contributed by atoms with Crippen LogP contribution in [-0.4, -0.2) is 49.4 Å². The molecule has 0 spiro atoms. The molecule has 0 aromatic heterocycles. The number of amides is 2. The van der Waals surface area contributed by atoms with Crippen LogP contribution in [0.25, 0.3) is 0 Å². The van der Waals surface area contributed by atoms with Crippen LogP contribution >= 0.6 is 0 Å². The first-order valence-corrected chi connectivity index (χ1v) is 13.1. The number of hydrogen-bond donors (Lipinski definition) is 2. The zero-order valence-electron chi connectivity index (χ0n) is 19.3. The Bertz CT molecular complexity index is 1050. The van der Waals surface area contributed by atoms with E-state index in [-0.39, 0.29) is 29.5 Å². The summed E-state index contributed by atoms with van der Waals surface area (Å²) >= 11 is 0. The molecule has 0 unspecified atom stereocenters. The Labute approximate surface area is 196 Å². The number of nitrogens with zero attached hydrogens (tertiary/aromatic N) is 1. The van der Waals surface area contributed by atoms with Crippen LogP contribution in [0.15, 0.2) is 54.6 Å². The van der Waals surface area contributed by atoms with Crippen molar-refractivity contribution in [3.05, 3.63) is 65.7 Å². The molecule has 2 aromatic carbocycles. The Morgan fingerprint density at radius 3 is 2.30 bits per heavy atom. The minimum Gasteiger partial charge on any atom is -0.350 e. The van der Waals surface area contributed by atoms with E-state index >= 15 is 0 Å². The molecule has 1 fully saturated rings. The SMILES string of the molecule is CC(C)NC(=O)c1ccccc1NC(=O)C1CCN(S(=O)(=O)CCCc2ccccc2)CC1. The summed E-state index contributed by atoms with van der Waals surface area (Å²) in [4.78, 5) is 25.3. The van der Waals surface area contributed by atoms with Gasteiger partial charge < -0.3 is 10.6 Å². The summed E-state index contributed by atoms with van der Waals surface area (Å²) in [5.74, 6) is -0.600. The van der Waals surface area contributed by atoms with E-state index in [1.54, 1.807) is 24.3 Å². The summed E-state index contributed by atoms with van der Waals surface area (Å²) in [7, 11) is -3.34. The largest absolute Gasteiger partial charge is 0.350 e. The molecule has 178 valence electrons. The maximum absolute atomic E-state index is 12.8. The molecule has 0 aliphatic carbocycles. The van der Waals surface area contributed by atoms with E-state index in [1.807, 2.05) is 44.2 Å². The topological polar surface area (TPSA) is 95.6 Å². The minimum absolute atomic E-state index is 0.0137. The van der Waals surface area contributed by atoms with Gasteiger partial charge in [-0.15, -0.1) is 0 Å². The van der Waals surface area contributed by atoms with Crippen molar-refractivity contribution in [1.29, 1.82) is 0 Å². The van der Waals surface area contributed by atoms with Gasteiger partial charge in [-0.2, -0.15) is 0 Å². The fourth-order valence-corrected chi connectivity index (χ4v) is 5.53. The van der Waals surface area contributed by atoms with E-state index in [0.717, 1.165) is 12.0 Å². The second kappa shape index (κ2) is 11.4. The highest BCUT2D eigenvalue weighted by Crippen LogP contribution is 2.23. The van der Waals surface area contributed by atoms with Crippen LogP contribution in [0.1, 0.15) is 49.0 Å². The summed E-state index contributed by atoms with van der Waals surface area (Å²) < 4.78 is 27.0. The number of carbonyl (C=O) groups excluding carboxylic acids is 2. The first-order valence-electron chi connectivity index (χ1n) is 11.5. The second-order valence-corrected chi connectivity index (χ2v) is 10.8. The standard InChI is InChI=1S/C25H33N3O4S/c1-19(2)26-25(30)22-12-6-7-13-23(22)27-24(29)21-14-16-28(17-15-21)33(31,32)18-8-11-20-9-4-3-5-10-20/h3-7,9-10,12-13,19,21H,8,11,14-18H2,1-2H3,(H,26,30)(H,27,29). The van der Waals surface area contributed by atoms with Crippen molar-refractivity contribution in [3.63, 3.8) is 0 Å². The quantitative estimate of drug-likeness (QED) is 0.586. The maximum atomic E-state index is 12.8. The van der Waals surface area contributed by atoms with Crippen LogP contribution in [-0.2, 0) is 21.2 Å². The average Bonchev–Trinajstić information content (AvgIpc) is 2.79. The number of para-hydroxylation sites is 1. The molecule has 3 rings (SSSR count). The van der Waals surface area contributed by atoms with Crippen molar-refractivity contribution in [2.75, 3.05) is 24.2 Å². The molecule has 1 saturated heterocycles. The maximum Gasteiger partial charge on any atom is 0.253 e. The van der Waals surface area contributed by atoms with Crippen LogP contribution in [0.5, 0.6) is 0 Å². The highest BCUT2D eigenvalue weighted by atomic mass is 32.2. The number of aryl methyl sites for hydroxylation is 1. The van der Waals surface area contributed by atoms with Crippen LogP contribution in [0.2, 0.25) is 0 Å². The Kier molecular flexibility index (Phi) is 8.63. The van der Waals surface area contributed by atoms with E-state index in [2.05, 4.69) is 10.6 Å². The molecule has 2 amide bonds. The monoisotopic (exact) mass is 471 g/mol. The number of nitrogens with one attached hydrogen (secondary N) is 2. The van der Waals surface area contributed by atoms with E-state index in [9.17, 15) is 18.0 Å². The summed E-state index contributed by atoms with van der Waals surface area (Å²) in [5, 5.41) is 5.71. The van der Waals surface area contributed by atoms with Gasteiger partial charge in [-0.1, -0.05) is 42.5 Å². The van der Waals surface area contributed by atoms with Crippen LogP contribution in [0, 0.1) is 5.92 Å². The number of piperidine rings is 1. The lowest BCUT2D eigenvalue weighted by molar-refractivity contribution is -0.120. The lowest BCUT2D eigenvalue weighted by Gasteiger charge is -2.30. The zero-order valence-corrected chi connectivity index (χ0v) is 20.1. The minimum atomic E-state index is -3.34. The van der Waals surface area contributed by atoms with Gasteiger partial charge in [0.2, 0.25) is 15.9 Å². The van der Waals surface area contributed by atoms with E-state index in [0.29, 0.717) is 43.6 Å². The Balaban J connectivity index is 1.51. The summed E-state index contributed by atoms with van der Waals surface area (Å²) in [6.45, 7) is 4.42. The molecule has 1 aliphatic rings. The Hall–Kier alpha value is -2.71. The summed E-state index contributed by atoms with van der Waals surface area (Å²) in [6, 6.07) is 16.8.